The van der Waals surface area contributed by atoms with Gasteiger partial charge in [0.15, 0.2) is 0 Å². The zero-order valence-corrected chi connectivity index (χ0v) is 13.4. The van der Waals surface area contributed by atoms with Gasteiger partial charge in [0.05, 0.1) is 8.45 Å². The van der Waals surface area contributed by atoms with Gasteiger partial charge >= 0.3 is 0 Å². The van der Waals surface area contributed by atoms with Gasteiger partial charge in [-0.1, -0.05) is 23.7 Å². The molecular formula is C13H11ClINOS. The van der Waals surface area contributed by atoms with E-state index in [0.717, 1.165) is 14.0 Å². The van der Waals surface area contributed by atoms with Gasteiger partial charge in [-0.3, -0.25) is 4.79 Å². The molecule has 0 aliphatic rings. The van der Waals surface area contributed by atoms with Gasteiger partial charge in [-0.15, -0.1) is 11.3 Å². The van der Waals surface area contributed by atoms with Crippen molar-refractivity contribution < 1.29 is 4.79 Å². The lowest BCUT2D eigenvalue weighted by molar-refractivity contribution is 0.0785. The van der Waals surface area contributed by atoms with Crippen LogP contribution in [0.4, 0.5) is 0 Å². The van der Waals surface area contributed by atoms with Gasteiger partial charge < -0.3 is 4.90 Å². The summed E-state index contributed by atoms with van der Waals surface area (Å²) in [5.41, 5.74) is 1.82. The van der Waals surface area contributed by atoms with E-state index in [4.69, 9.17) is 11.6 Å². The minimum atomic E-state index is 0.0455. The predicted octanol–water partition coefficient (Wildman–Crippen LogP) is 4.28. The maximum Gasteiger partial charge on any atom is 0.254 e. The van der Waals surface area contributed by atoms with Crippen LogP contribution in [0.2, 0.25) is 5.02 Å². The molecule has 0 aliphatic heterocycles. The Morgan fingerprint density at radius 2 is 2.06 bits per heavy atom. The van der Waals surface area contributed by atoms with Crippen molar-refractivity contribution in [1.29, 1.82) is 0 Å². The highest BCUT2D eigenvalue weighted by molar-refractivity contribution is 14.1. The fraction of sp³-hybridized carbons (Fsp3) is 0.154. The van der Waals surface area contributed by atoms with Crippen LogP contribution >= 0.6 is 45.5 Å². The Labute approximate surface area is 129 Å². The predicted molar refractivity (Wildman–Crippen MR) is 84.3 cm³/mol. The number of carbonyl (C=O) groups is 1. The average Bonchev–Trinajstić information content (AvgIpc) is 2.78. The Hall–Kier alpha value is -0.590. The molecule has 0 fully saturated rings. The second-order valence-corrected chi connectivity index (χ2v) is 7.17. The first-order valence-corrected chi connectivity index (χ1v) is 7.64. The quantitative estimate of drug-likeness (QED) is 0.715. The molecule has 0 bridgehead atoms. The van der Waals surface area contributed by atoms with Crippen LogP contribution in [0, 0.1) is 2.88 Å². The van der Waals surface area contributed by atoms with E-state index in [1.165, 1.54) is 0 Å². The fourth-order valence-electron chi connectivity index (χ4n) is 1.58. The molecule has 94 valence electrons. The molecule has 1 amide bonds. The lowest BCUT2D eigenvalue weighted by Crippen LogP contribution is -2.25. The van der Waals surface area contributed by atoms with Crippen molar-refractivity contribution in [2.24, 2.45) is 0 Å². The van der Waals surface area contributed by atoms with E-state index in [1.54, 1.807) is 16.2 Å². The number of carbonyl (C=O) groups excluding carboxylic acids is 1. The molecule has 0 spiro atoms. The number of rotatable bonds is 3. The molecule has 1 aromatic heterocycles. The number of hydrogen-bond acceptors (Lipinski definition) is 2. The minimum Gasteiger partial charge on any atom is -0.337 e. The van der Waals surface area contributed by atoms with Crippen LogP contribution in [0.3, 0.4) is 0 Å². The number of benzene rings is 1. The summed E-state index contributed by atoms with van der Waals surface area (Å²) < 4.78 is 1.12. The second kappa shape index (κ2) is 6.04. The maximum atomic E-state index is 12.1. The molecule has 0 unspecified atom stereocenters. The summed E-state index contributed by atoms with van der Waals surface area (Å²) in [4.78, 5) is 13.8. The molecule has 1 aromatic carbocycles. The van der Waals surface area contributed by atoms with Gasteiger partial charge in [-0.25, -0.2) is 0 Å². The largest absolute Gasteiger partial charge is 0.337 e. The number of nitrogens with zero attached hydrogens (tertiary/aromatic N) is 1. The smallest absolute Gasteiger partial charge is 0.254 e. The van der Waals surface area contributed by atoms with Crippen LogP contribution < -0.4 is 0 Å². The van der Waals surface area contributed by atoms with Crippen molar-refractivity contribution in [1.82, 2.24) is 4.90 Å². The molecule has 18 heavy (non-hydrogen) atoms. The summed E-state index contributed by atoms with van der Waals surface area (Å²) in [5.74, 6) is 0.0455. The number of amides is 1. The molecule has 2 rings (SSSR count). The molecular weight excluding hydrogens is 381 g/mol. The minimum absolute atomic E-state index is 0.0455. The van der Waals surface area contributed by atoms with Gasteiger partial charge in [0.2, 0.25) is 0 Å². The molecule has 2 nitrogen and oxygen atoms in total. The summed E-state index contributed by atoms with van der Waals surface area (Å²) in [7, 11) is 1.81. The zero-order chi connectivity index (χ0) is 13.1. The molecule has 0 saturated heterocycles. The van der Waals surface area contributed by atoms with Crippen molar-refractivity contribution >= 4 is 51.4 Å². The van der Waals surface area contributed by atoms with E-state index >= 15 is 0 Å². The Morgan fingerprint density at radius 3 is 2.61 bits per heavy atom. The van der Waals surface area contributed by atoms with E-state index < -0.39 is 0 Å². The van der Waals surface area contributed by atoms with Crippen LogP contribution in [0.15, 0.2) is 35.7 Å². The Balaban J connectivity index is 2.05. The lowest BCUT2D eigenvalue weighted by atomic mass is 10.2. The average molecular weight is 392 g/mol. The van der Waals surface area contributed by atoms with Gasteiger partial charge in [0, 0.05) is 24.0 Å². The highest BCUT2D eigenvalue weighted by atomic mass is 127. The summed E-state index contributed by atoms with van der Waals surface area (Å²) in [5, 5.41) is 2.60. The Bertz CT molecular complexity index is 552. The third-order valence-corrected chi connectivity index (χ3v) is 4.54. The van der Waals surface area contributed by atoms with E-state index in [-0.39, 0.29) is 5.91 Å². The van der Waals surface area contributed by atoms with Crippen LogP contribution in [0.5, 0.6) is 0 Å². The van der Waals surface area contributed by atoms with Crippen molar-refractivity contribution in [3.8, 4) is 0 Å². The topological polar surface area (TPSA) is 20.3 Å². The zero-order valence-electron chi connectivity index (χ0n) is 9.69. The standard InChI is InChI=1S/C13H11ClINOS/c1-16(7-9-2-4-11(14)5-3-9)13(17)10-6-12(15)18-8-10/h2-6,8H,7H2,1H3. The van der Waals surface area contributed by atoms with Crippen LogP contribution in [-0.2, 0) is 6.54 Å². The third kappa shape index (κ3) is 3.46. The highest BCUT2D eigenvalue weighted by Gasteiger charge is 2.13. The monoisotopic (exact) mass is 391 g/mol. The molecule has 0 atom stereocenters. The van der Waals surface area contributed by atoms with Gasteiger partial charge in [-0.05, 0) is 46.4 Å². The molecule has 0 aliphatic carbocycles. The number of thiophene rings is 1. The first-order chi connectivity index (χ1) is 8.56. The van der Waals surface area contributed by atoms with E-state index in [9.17, 15) is 4.79 Å². The Kier molecular flexibility index (Phi) is 4.64. The number of hydrogen-bond donors (Lipinski definition) is 0. The fourth-order valence-corrected chi connectivity index (χ4v) is 3.02. The van der Waals surface area contributed by atoms with Gasteiger partial charge in [0.1, 0.15) is 0 Å². The van der Waals surface area contributed by atoms with Crippen LogP contribution in [0.1, 0.15) is 15.9 Å². The van der Waals surface area contributed by atoms with E-state index in [0.29, 0.717) is 11.6 Å². The van der Waals surface area contributed by atoms with Crippen molar-refractivity contribution in [2.45, 2.75) is 6.54 Å². The number of halogens is 2. The summed E-state index contributed by atoms with van der Waals surface area (Å²) >= 11 is 9.63. The summed E-state index contributed by atoms with van der Waals surface area (Å²) in [6.45, 7) is 0.586. The third-order valence-electron chi connectivity index (χ3n) is 2.49. The molecule has 0 radical (unpaired) electrons. The van der Waals surface area contributed by atoms with E-state index in [1.807, 2.05) is 42.8 Å². The van der Waals surface area contributed by atoms with Crippen LogP contribution in [0.25, 0.3) is 0 Å². The van der Waals surface area contributed by atoms with Crippen molar-refractivity contribution in [2.75, 3.05) is 7.05 Å². The summed E-state index contributed by atoms with van der Waals surface area (Å²) in [6.07, 6.45) is 0. The van der Waals surface area contributed by atoms with Crippen molar-refractivity contribution in [3.05, 3.63) is 54.7 Å². The SMILES string of the molecule is CN(Cc1ccc(Cl)cc1)C(=O)c1csc(I)c1. The first kappa shape index (κ1) is 13.8. The Morgan fingerprint density at radius 1 is 1.39 bits per heavy atom. The molecule has 0 N–H and O–H groups in total. The van der Waals surface area contributed by atoms with Gasteiger partial charge in [0.25, 0.3) is 5.91 Å². The molecule has 2 aromatic rings. The van der Waals surface area contributed by atoms with Crippen molar-refractivity contribution in [3.63, 3.8) is 0 Å². The maximum absolute atomic E-state index is 12.1. The first-order valence-electron chi connectivity index (χ1n) is 5.30. The van der Waals surface area contributed by atoms with E-state index in [2.05, 4.69) is 22.6 Å². The lowest BCUT2D eigenvalue weighted by Gasteiger charge is -2.16. The second-order valence-electron chi connectivity index (χ2n) is 3.93. The normalized spacial score (nSPS) is 10.4. The van der Waals surface area contributed by atoms with Gasteiger partial charge in [-0.2, -0.15) is 0 Å². The highest BCUT2D eigenvalue weighted by Crippen LogP contribution is 2.18. The summed E-state index contributed by atoms with van der Waals surface area (Å²) in [6, 6.07) is 9.45. The molecule has 5 heteroatoms. The molecule has 0 saturated carbocycles. The van der Waals surface area contributed by atoms with Crippen LogP contribution in [-0.4, -0.2) is 17.9 Å². The molecule has 1 heterocycles.